The van der Waals surface area contributed by atoms with Gasteiger partial charge in [-0.15, -0.1) is 0 Å². The van der Waals surface area contributed by atoms with Crippen molar-refractivity contribution < 1.29 is 31.5 Å². The van der Waals surface area contributed by atoms with E-state index < -0.39 is 39.9 Å². The normalized spacial score (nSPS) is 12.4. The van der Waals surface area contributed by atoms with Gasteiger partial charge >= 0.3 is 17.5 Å². The number of pyridine rings is 1. The summed E-state index contributed by atoms with van der Waals surface area (Å²) in [6, 6.07) is 0.106. The van der Waals surface area contributed by atoms with Crippen LogP contribution in [0.25, 0.3) is 0 Å². The summed E-state index contributed by atoms with van der Waals surface area (Å²) in [5, 5.41) is -4.34. The van der Waals surface area contributed by atoms with E-state index >= 15 is 0 Å². The molecule has 1 rings (SSSR count). The molecule has 1 aromatic heterocycles. The molecule has 0 aromatic carbocycles. The molecule has 0 aliphatic rings. The number of H-pyrrole nitrogens is 1. The summed E-state index contributed by atoms with van der Waals surface area (Å²) in [6.45, 7) is 0. The van der Waals surface area contributed by atoms with E-state index in [1.165, 1.54) is 4.98 Å². The largest absolute Gasteiger partial charge is 0.465 e. The molecule has 0 spiro atoms. The van der Waals surface area contributed by atoms with Gasteiger partial charge in [-0.3, -0.25) is 4.79 Å². The van der Waals surface area contributed by atoms with Crippen LogP contribution in [0.5, 0.6) is 0 Å². The lowest BCUT2D eigenvalue weighted by Crippen LogP contribution is -2.27. The van der Waals surface area contributed by atoms with Crippen molar-refractivity contribution in [3.63, 3.8) is 0 Å². The fraction of sp³-hybridized carbons (Fsp3) is 0.333. The number of aromatic amines is 1. The van der Waals surface area contributed by atoms with Gasteiger partial charge in [-0.1, -0.05) is 0 Å². The highest BCUT2D eigenvalue weighted by Crippen LogP contribution is 2.38. The molecule has 0 atom stereocenters. The van der Waals surface area contributed by atoms with E-state index in [2.05, 4.69) is 16.3 Å². The summed E-state index contributed by atoms with van der Waals surface area (Å²) in [5.41, 5.74) is -6.52. The third-order valence-corrected chi connectivity index (χ3v) is 2.22. The van der Waals surface area contributed by atoms with Gasteiger partial charge in [0.25, 0.3) is 0 Å². The van der Waals surface area contributed by atoms with Crippen LogP contribution in [0.1, 0.15) is 21.6 Å². The fourth-order valence-electron chi connectivity index (χ4n) is 1.31. The highest BCUT2D eigenvalue weighted by molar-refractivity contribution is 6.22. The third kappa shape index (κ3) is 3.22. The first-order chi connectivity index (χ1) is 8.48. The van der Waals surface area contributed by atoms with Crippen molar-refractivity contribution in [1.29, 1.82) is 0 Å². The molecule has 0 saturated heterocycles. The van der Waals surface area contributed by atoms with Crippen LogP contribution >= 0.6 is 11.6 Å². The van der Waals surface area contributed by atoms with Crippen LogP contribution in [-0.4, -0.2) is 18.1 Å². The summed E-state index contributed by atoms with van der Waals surface area (Å²) in [5.74, 6) is -1.70. The molecule has 0 aliphatic heterocycles. The van der Waals surface area contributed by atoms with Gasteiger partial charge in [0.15, 0.2) is 0 Å². The smallest absolute Gasteiger partial charge is 0.432 e. The first-order valence-electron chi connectivity index (χ1n) is 4.48. The number of halogens is 6. The topological polar surface area (TPSA) is 59.2 Å². The number of carbonyl (C=O) groups is 1. The molecule has 0 bridgehead atoms. The third-order valence-electron chi connectivity index (χ3n) is 2.02. The van der Waals surface area contributed by atoms with Crippen molar-refractivity contribution in [2.24, 2.45) is 0 Å². The zero-order chi connectivity index (χ0) is 15.0. The first-order valence-corrected chi connectivity index (χ1v) is 4.86. The minimum Gasteiger partial charge on any atom is -0.465 e. The summed E-state index contributed by atoms with van der Waals surface area (Å²) in [4.78, 5) is 23.5. The molecule has 1 aromatic rings. The summed E-state index contributed by atoms with van der Waals surface area (Å²) < 4.78 is 67.9. The number of nitrogens with one attached hydrogen (secondary N) is 1. The SMILES string of the molecule is COC(=O)c1c(C(F)(F)Cl)cc(=O)[nH]c1C(F)(F)F. The first kappa shape index (κ1) is 15.4. The minimum atomic E-state index is -5.24. The molecule has 0 fully saturated rings. The Morgan fingerprint density at radius 1 is 1.32 bits per heavy atom. The van der Waals surface area contributed by atoms with E-state index in [-0.39, 0.29) is 6.07 Å². The van der Waals surface area contributed by atoms with E-state index in [0.717, 1.165) is 0 Å². The van der Waals surface area contributed by atoms with E-state index in [4.69, 9.17) is 0 Å². The number of hydrogen-bond acceptors (Lipinski definition) is 3. The Kier molecular flexibility index (Phi) is 3.89. The number of alkyl halides is 6. The Balaban J connectivity index is 3.79. The number of aromatic nitrogens is 1. The van der Waals surface area contributed by atoms with Crippen molar-refractivity contribution in [3.05, 3.63) is 33.2 Å². The lowest BCUT2D eigenvalue weighted by molar-refractivity contribution is -0.142. The molecule has 10 heteroatoms. The predicted octanol–water partition coefficient (Wildman–Crippen LogP) is 2.47. The molecule has 1 N–H and O–H groups in total. The van der Waals surface area contributed by atoms with Gasteiger partial charge < -0.3 is 9.72 Å². The average Bonchev–Trinajstić information content (AvgIpc) is 2.24. The van der Waals surface area contributed by atoms with Crippen molar-refractivity contribution >= 4 is 17.6 Å². The molecular formula is C9H5ClF5NO3. The monoisotopic (exact) mass is 305 g/mol. The number of ether oxygens (including phenoxy) is 1. The molecule has 0 unspecified atom stereocenters. The Morgan fingerprint density at radius 3 is 2.21 bits per heavy atom. The van der Waals surface area contributed by atoms with E-state index in [1.807, 2.05) is 0 Å². The maximum Gasteiger partial charge on any atom is 0.432 e. The van der Waals surface area contributed by atoms with Crippen molar-refractivity contribution in [2.75, 3.05) is 7.11 Å². The van der Waals surface area contributed by atoms with E-state index in [9.17, 15) is 31.5 Å². The van der Waals surface area contributed by atoms with Crippen molar-refractivity contribution in [3.8, 4) is 0 Å². The number of rotatable bonds is 2. The van der Waals surface area contributed by atoms with E-state index in [0.29, 0.717) is 7.11 Å². The standard InChI is InChI=1S/C9H5ClF5NO3/c1-19-7(18)5-3(8(10,11)12)2-4(17)16-6(5)9(13,14)15/h2H,1H3,(H,16,17). The van der Waals surface area contributed by atoms with Crippen LogP contribution in [0.3, 0.4) is 0 Å². The summed E-state index contributed by atoms with van der Waals surface area (Å²) >= 11 is 4.60. The molecule has 106 valence electrons. The molecule has 0 amide bonds. The van der Waals surface area contributed by atoms with Gasteiger partial charge in [0.2, 0.25) is 5.56 Å². The Hall–Kier alpha value is -1.64. The molecule has 19 heavy (non-hydrogen) atoms. The number of carbonyl (C=O) groups excluding carboxylic acids is 1. The maximum atomic E-state index is 13.0. The second-order valence-corrected chi connectivity index (χ2v) is 3.76. The predicted molar refractivity (Wildman–Crippen MR) is 53.2 cm³/mol. The highest BCUT2D eigenvalue weighted by Gasteiger charge is 2.43. The molecular weight excluding hydrogens is 301 g/mol. The molecule has 0 saturated carbocycles. The zero-order valence-corrected chi connectivity index (χ0v) is 9.83. The lowest BCUT2D eigenvalue weighted by atomic mass is 10.1. The maximum absolute atomic E-state index is 13.0. The van der Waals surface area contributed by atoms with Crippen LogP contribution in [0, 0.1) is 0 Å². The number of methoxy groups -OCH3 is 1. The quantitative estimate of drug-likeness (QED) is 0.519. The van der Waals surface area contributed by atoms with Gasteiger partial charge in [0, 0.05) is 6.07 Å². The molecule has 1 heterocycles. The van der Waals surface area contributed by atoms with Crippen LogP contribution in [0.15, 0.2) is 10.9 Å². The highest BCUT2D eigenvalue weighted by atomic mass is 35.5. The minimum absolute atomic E-state index is 0.106. The van der Waals surface area contributed by atoms with Crippen molar-refractivity contribution in [2.45, 2.75) is 11.6 Å². The van der Waals surface area contributed by atoms with E-state index in [1.54, 1.807) is 0 Å². The molecule has 0 radical (unpaired) electrons. The zero-order valence-electron chi connectivity index (χ0n) is 9.07. The van der Waals surface area contributed by atoms with Gasteiger partial charge in [-0.2, -0.15) is 22.0 Å². The van der Waals surface area contributed by atoms with Crippen LogP contribution in [-0.2, 0) is 16.3 Å². The Labute approximate surface area is 107 Å². The summed E-state index contributed by atoms with van der Waals surface area (Å²) in [7, 11) is 0.698. The average molecular weight is 306 g/mol. The Bertz CT molecular complexity index is 522. The molecule has 0 aliphatic carbocycles. The fourth-order valence-corrected chi connectivity index (χ4v) is 1.46. The van der Waals surface area contributed by atoms with Gasteiger partial charge in [-0.05, 0) is 11.6 Å². The molecule has 4 nitrogen and oxygen atoms in total. The van der Waals surface area contributed by atoms with Gasteiger partial charge in [-0.25, -0.2) is 4.79 Å². The van der Waals surface area contributed by atoms with Crippen LogP contribution in [0.2, 0.25) is 0 Å². The number of esters is 1. The van der Waals surface area contributed by atoms with Crippen LogP contribution in [0.4, 0.5) is 22.0 Å². The Morgan fingerprint density at radius 2 is 1.84 bits per heavy atom. The van der Waals surface area contributed by atoms with Gasteiger partial charge in [0.1, 0.15) is 5.69 Å². The van der Waals surface area contributed by atoms with Gasteiger partial charge in [0.05, 0.1) is 18.2 Å². The lowest BCUT2D eigenvalue weighted by Gasteiger charge is -2.17. The second kappa shape index (κ2) is 4.80. The van der Waals surface area contributed by atoms with Crippen LogP contribution < -0.4 is 5.56 Å². The second-order valence-electron chi connectivity index (χ2n) is 3.28. The number of hydrogen-bond donors (Lipinski definition) is 1. The summed E-state index contributed by atoms with van der Waals surface area (Å²) in [6.07, 6.45) is -5.24. The van der Waals surface area contributed by atoms with Crippen molar-refractivity contribution in [1.82, 2.24) is 4.98 Å².